The van der Waals surface area contributed by atoms with Crippen LogP contribution < -0.4 is 11.6 Å². The second-order valence-corrected chi connectivity index (χ2v) is 3.54. The van der Waals surface area contributed by atoms with Gasteiger partial charge in [-0.05, 0) is 12.8 Å². The fourth-order valence-corrected chi connectivity index (χ4v) is 1.74. The molecule has 0 saturated carbocycles. The van der Waals surface area contributed by atoms with Crippen LogP contribution in [-0.4, -0.2) is 9.66 Å². The number of nitrogens with zero attached hydrogens (tertiary/aromatic N) is 2. The molecule has 4 N–H and O–H groups in total. The van der Waals surface area contributed by atoms with E-state index >= 15 is 0 Å². The van der Waals surface area contributed by atoms with Crippen molar-refractivity contribution in [1.82, 2.24) is 9.66 Å². The highest BCUT2D eigenvalue weighted by Crippen LogP contribution is 2.26. The van der Waals surface area contributed by atoms with Gasteiger partial charge in [0.25, 0.3) is 0 Å². The van der Waals surface area contributed by atoms with Crippen LogP contribution in [0.3, 0.4) is 0 Å². The van der Waals surface area contributed by atoms with Crippen molar-refractivity contribution in [2.75, 3.05) is 11.6 Å². The minimum absolute atomic E-state index is 0.435. The van der Waals surface area contributed by atoms with E-state index in [1.165, 1.54) is 4.68 Å². The highest BCUT2D eigenvalue weighted by molar-refractivity contribution is 5.40. The van der Waals surface area contributed by atoms with E-state index in [2.05, 4.69) is 18.8 Å². The van der Waals surface area contributed by atoms with Gasteiger partial charge in [0, 0.05) is 12.3 Å². The van der Waals surface area contributed by atoms with Crippen molar-refractivity contribution in [3.05, 3.63) is 11.5 Å². The van der Waals surface area contributed by atoms with Gasteiger partial charge >= 0.3 is 0 Å². The van der Waals surface area contributed by atoms with Crippen LogP contribution in [0.5, 0.6) is 0 Å². The van der Waals surface area contributed by atoms with Gasteiger partial charge in [0.15, 0.2) is 0 Å². The normalized spacial score (nSPS) is 11.1. The summed E-state index contributed by atoms with van der Waals surface area (Å²) in [6.45, 7) is 6.32. The number of nitrogen functional groups attached to an aromatic ring is 2. The highest BCUT2D eigenvalue weighted by atomic mass is 15.4. The lowest BCUT2D eigenvalue weighted by atomic mass is 10.00. The fraction of sp³-hybridized carbons (Fsp3) is 0.700. The van der Waals surface area contributed by atoms with Crippen LogP contribution in [0.15, 0.2) is 0 Å². The predicted molar refractivity (Wildman–Crippen MR) is 59.5 cm³/mol. The number of rotatable bonds is 4. The third-order valence-electron chi connectivity index (χ3n) is 2.74. The molecule has 0 atom stereocenters. The van der Waals surface area contributed by atoms with E-state index in [9.17, 15) is 0 Å². The molecule has 0 bridgehead atoms. The molecule has 0 radical (unpaired) electrons. The fourth-order valence-electron chi connectivity index (χ4n) is 1.74. The minimum atomic E-state index is 0.435. The van der Waals surface area contributed by atoms with Crippen molar-refractivity contribution in [3.8, 4) is 0 Å². The summed E-state index contributed by atoms with van der Waals surface area (Å²) >= 11 is 0. The number of nitrogens with two attached hydrogens (primary N) is 2. The van der Waals surface area contributed by atoms with E-state index in [4.69, 9.17) is 11.6 Å². The zero-order valence-electron chi connectivity index (χ0n) is 9.25. The molecule has 0 saturated heterocycles. The summed E-state index contributed by atoms with van der Waals surface area (Å²) in [6, 6.07) is 0. The first-order valence-corrected chi connectivity index (χ1v) is 5.27. The summed E-state index contributed by atoms with van der Waals surface area (Å²) < 4.78 is 1.51. The minimum Gasteiger partial charge on any atom is -0.382 e. The van der Waals surface area contributed by atoms with E-state index in [1.54, 1.807) is 0 Å². The summed E-state index contributed by atoms with van der Waals surface area (Å²) in [5.41, 5.74) is 6.87. The van der Waals surface area contributed by atoms with Crippen LogP contribution >= 0.6 is 0 Å². The first kappa shape index (κ1) is 10.9. The van der Waals surface area contributed by atoms with Gasteiger partial charge in [-0.2, -0.15) is 0 Å². The maximum atomic E-state index is 5.91. The largest absolute Gasteiger partial charge is 0.382 e. The molecule has 0 aliphatic carbocycles. The molecular weight excluding hydrogens is 176 g/mol. The average Bonchev–Trinajstić information content (AvgIpc) is 2.48. The second kappa shape index (κ2) is 4.35. The molecule has 0 unspecified atom stereocenters. The molecule has 4 heteroatoms. The lowest BCUT2D eigenvalue weighted by Gasteiger charge is -2.09. The van der Waals surface area contributed by atoms with Crippen molar-refractivity contribution >= 4 is 5.82 Å². The maximum absolute atomic E-state index is 5.91. The molecule has 0 amide bonds. The number of aromatic nitrogens is 2. The van der Waals surface area contributed by atoms with Crippen molar-refractivity contribution < 1.29 is 0 Å². The molecule has 0 aliphatic rings. The smallest absolute Gasteiger partial charge is 0.146 e. The number of anilines is 1. The molecule has 0 aromatic carbocycles. The Morgan fingerprint density at radius 2 is 1.86 bits per heavy atom. The van der Waals surface area contributed by atoms with Gasteiger partial charge in [0.1, 0.15) is 11.6 Å². The van der Waals surface area contributed by atoms with Gasteiger partial charge in [0.2, 0.25) is 0 Å². The summed E-state index contributed by atoms with van der Waals surface area (Å²) in [4.78, 5) is 4.48. The molecule has 4 nitrogen and oxygen atoms in total. The average molecular weight is 196 g/mol. The van der Waals surface area contributed by atoms with E-state index in [1.807, 2.05) is 6.92 Å². The van der Waals surface area contributed by atoms with Gasteiger partial charge in [-0.15, -0.1) is 0 Å². The molecule has 1 rings (SSSR count). The van der Waals surface area contributed by atoms with E-state index in [0.29, 0.717) is 11.7 Å². The molecule has 1 aromatic rings. The van der Waals surface area contributed by atoms with Crippen LogP contribution in [0.1, 0.15) is 51.0 Å². The van der Waals surface area contributed by atoms with Gasteiger partial charge in [-0.25, -0.2) is 9.66 Å². The monoisotopic (exact) mass is 196 g/mol. The van der Waals surface area contributed by atoms with Crippen molar-refractivity contribution in [3.63, 3.8) is 0 Å². The number of hydrogen-bond donors (Lipinski definition) is 2. The quantitative estimate of drug-likeness (QED) is 0.719. The summed E-state index contributed by atoms with van der Waals surface area (Å²) in [5, 5.41) is 0. The third-order valence-corrected chi connectivity index (χ3v) is 2.74. The Balaban J connectivity index is 3.08. The highest BCUT2D eigenvalue weighted by Gasteiger charge is 2.17. The van der Waals surface area contributed by atoms with Crippen molar-refractivity contribution in [2.45, 2.75) is 46.0 Å². The van der Waals surface area contributed by atoms with Gasteiger partial charge < -0.3 is 11.6 Å². The lowest BCUT2D eigenvalue weighted by molar-refractivity contribution is 0.627. The van der Waals surface area contributed by atoms with Crippen molar-refractivity contribution in [2.24, 2.45) is 0 Å². The van der Waals surface area contributed by atoms with E-state index in [-0.39, 0.29) is 0 Å². The number of imidazole rings is 1. The zero-order chi connectivity index (χ0) is 10.7. The molecule has 80 valence electrons. The Labute approximate surface area is 85.3 Å². The lowest BCUT2D eigenvalue weighted by Crippen LogP contribution is -2.15. The predicted octanol–water partition coefficient (Wildman–Crippen LogP) is 1.65. The molecule has 0 aliphatic heterocycles. The first-order valence-electron chi connectivity index (χ1n) is 5.27. The Hall–Kier alpha value is -1.19. The van der Waals surface area contributed by atoms with Crippen molar-refractivity contribution in [1.29, 1.82) is 0 Å². The molecule has 1 aromatic heterocycles. The van der Waals surface area contributed by atoms with Crippen LogP contribution in [-0.2, 0) is 6.42 Å². The Morgan fingerprint density at radius 1 is 1.29 bits per heavy atom. The number of aryl methyl sites for hydroxylation is 1. The Bertz CT molecular complexity index is 299. The molecule has 0 spiro atoms. The van der Waals surface area contributed by atoms with Crippen LogP contribution in [0.25, 0.3) is 0 Å². The topological polar surface area (TPSA) is 69.9 Å². The van der Waals surface area contributed by atoms with Gasteiger partial charge in [0.05, 0.1) is 5.69 Å². The van der Waals surface area contributed by atoms with E-state index in [0.717, 1.165) is 30.8 Å². The second-order valence-electron chi connectivity index (χ2n) is 3.54. The standard InChI is InChI=1S/C10H20N4/c1-4-7(5-2)9-10(11)14(12)8(6-3)13-9/h7H,4-6,11-12H2,1-3H3. The maximum Gasteiger partial charge on any atom is 0.146 e. The Morgan fingerprint density at radius 3 is 2.21 bits per heavy atom. The van der Waals surface area contributed by atoms with Crippen LogP contribution in [0.4, 0.5) is 5.82 Å². The SMILES string of the molecule is CCc1nc(C(CC)CC)c(N)n1N. The molecule has 0 fully saturated rings. The van der Waals surface area contributed by atoms with E-state index < -0.39 is 0 Å². The summed E-state index contributed by atoms with van der Waals surface area (Å²) in [7, 11) is 0. The number of hydrogen-bond acceptors (Lipinski definition) is 3. The molecule has 1 heterocycles. The summed E-state index contributed by atoms with van der Waals surface area (Å²) in [6.07, 6.45) is 2.93. The first-order chi connectivity index (χ1) is 6.65. The third kappa shape index (κ3) is 1.69. The Kier molecular flexibility index (Phi) is 3.38. The molecule has 14 heavy (non-hydrogen) atoms. The van der Waals surface area contributed by atoms with Gasteiger partial charge in [-0.3, -0.25) is 0 Å². The molecular formula is C10H20N4. The summed E-state index contributed by atoms with van der Waals surface area (Å²) in [5.74, 6) is 7.71. The van der Waals surface area contributed by atoms with Crippen LogP contribution in [0, 0.1) is 0 Å². The van der Waals surface area contributed by atoms with Gasteiger partial charge in [-0.1, -0.05) is 20.8 Å². The van der Waals surface area contributed by atoms with Crippen LogP contribution in [0.2, 0.25) is 0 Å². The zero-order valence-corrected chi connectivity index (χ0v) is 9.25.